The van der Waals surface area contributed by atoms with Gasteiger partial charge in [-0.1, -0.05) is 13.8 Å². The quantitative estimate of drug-likeness (QED) is 0.0605. The van der Waals surface area contributed by atoms with Crippen LogP contribution in [-0.2, 0) is 32.0 Å². The molecule has 0 aliphatic carbocycles. The second-order valence-corrected chi connectivity index (χ2v) is 9.30. The molecule has 2 aromatic rings. The first-order valence-corrected chi connectivity index (χ1v) is 12.4. The van der Waals surface area contributed by atoms with Crippen LogP contribution >= 0.6 is 0 Å². The molecule has 4 unspecified atom stereocenters. The summed E-state index contributed by atoms with van der Waals surface area (Å²) in [5.41, 5.74) is 17.6. The standard InChI is InChI=1S/C23H37N11O5/c1-12(2)18(24)21(37)34-17(7-14-9-28-11-31-14)20(36)33-16(6-13-8-27-10-30-13)19(35)32-15(22(38)39)4-3-5-29-23(25)26/h8-12,15-18H,3-7,24H2,1-2H3,(H,27,30)(H,28,31)(H,32,35)(H,33,36)(H,34,37)(H,38,39)(H4,25,26,29). The molecule has 16 heteroatoms. The lowest BCUT2D eigenvalue weighted by Gasteiger charge is -2.25. The Kier molecular flexibility index (Phi) is 11.9. The molecular formula is C23H37N11O5. The van der Waals surface area contributed by atoms with Gasteiger partial charge >= 0.3 is 5.97 Å². The number of hydrogen-bond donors (Lipinski definition) is 9. The van der Waals surface area contributed by atoms with Crippen LogP contribution in [0.15, 0.2) is 30.0 Å². The van der Waals surface area contributed by atoms with E-state index in [1.165, 1.54) is 25.0 Å². The smallest absolute Gasteiger partial charge is 0.326 e. The zero-order valence-corrected chi connectivity index (χ0v) is 21.9. The van der Waals surface area contributed by atoms with Crippen molar-refractivity contribution in [3.05, 3.63) is 36.4 Å². The normalized spacial score (nSPS) is 14.1. The highest BCUT2D eigenvalue weighted by molar-refractivity contribution is 5.94. The van der Waals surface area contributed by atoms with Crippen molar-refractivity contribution in [3.8, 4) is 0 Å². The van der Waals surface area contributed by atoms with E-state index in [-0.39, 0.29) is 37.7 Å². The molecule has 214 valence electrons. The summed E-state index contributed by atoms with van der Waals surface area (Å²) in [6.07, 6.45) is 6.18. The highest BCUT2D eigenvalue weighted by atomic mass is 16.4. The molecule has 0 saturated carbocycles. The third-order valence-corrected chi connectivity index (χ3v) is 5.80. The second kappa shape index (κ2) is 15.1. The fraction of sp³-hybridized carbons (Fsp3) is 0.522. The lowest BCUT2D eigenvalue weighted by Crippen LogP contribution is -2.58. The highest BCUT2D eigenvalue weighted by Gasteiger charge is 2.31. The van der Waals surface area contributed by atoms with Crippen LogP contribution in [-0.4, -0.2) is 85.4 Å². The number of aromatic amines is 2. The summed E-state index contributed by atoms with van der Waals surface area (Å²) >= 11 is 0. The number of aromatic nitrogens is 4. The maximum atomic E-state index is 13.4. The van der Waals surface area contributed by atoms with Gasteiger partial charge < -0.3 is 48.2 Å². The van der Waals surface area contributed by atoms with Crippen LogP contribution in [0.25, 0.3) is 0 Å². The number of nitrogens with zero attached hydrogens (tertiary/aromatic N) is 3. The first kappa shape index (κ1) is 30.8. The largest absolute Gasteiger partial charge is 0.480 e. The predicted molar refractivity (Wildman–Crippen MR) is 141 cm³/mol. The van der Waals surface area contributed by atoms with Gasteiger partial charge in [0.25, 0.3) is 0 Å². The van der Waals surface area contributed by atoms with E-state index in [9.17, 15) is 24.3 Å². The Bertz CT molecular complexity index is 1100. The molecule has 0 saturated heterocycles. The number of carbonyl (C=O) groups excluding carboxylic acids is 3. The van der Waals surface area contributed by atoms with Gasteiger partial charge in [0.15, 0.2) is 5.96 Å². The van der Waals surface area contributed by atoms with Crippen molar-refractivity contribution in [2.75, 3.05) is 6.54 Å². The second-order valence-electron chi connectivity index (χ2n) is 9.30. The summed E-state index contributed by atoms with van der Waals surface area (Å²) in [7, 11) is 0. The van der Waals surface area contributed by atoms with Gasteiger partial charge in [0.2, 0.25) is 17.7 Å². The number of carbonyl (C=O) groups is 4. The van der Waals surface area contributed by atoms with Crippen molar-refractivity contribution < 1.29 is 24.3 Å². The molecule has 0 spiro atoms. The van der Waals surface area contributed by atoms with Crippen LogP contribution in [0.3, 0.4) is 0 Å². The number of hydrogen-bond acceptors (Lipinski definition) is 8. The lowest BCUT2D eigenvalue weighted by molar-refractivity contribution is -0.142. The van der Waals surface area contributed by atoms with Crippen molar-refractivity contribution in [1.82, 2.24) is 35.9 Å². The molecular weight excluding hydrogens is 510 g/mol. The van der Waals surface area contributed by atoms with Crippen molar-refractivity contribution in [3.63, 3.8) is 0 Å². The maximum Gasteiger partial charge on any atom is 0.326 e. The van der Waals surface area contributed by atoms with Gasteiger partial charge in [0.1, 0.15) is 18.1 Å². The molecule has 0 aromatic carbocycles. The number of H-pyrrole nitrogens is 2. The van der Waals surface area contributed by atoms with E-state index in [1.54, 1.807) is 13.8 Å². The Morgan fingerprint density at radius 1 is 0.897 bits per heavy atom. The molecule has 0 aliphatic rings. The summed E-state index contributed by atoms with van der Waals surface area (Å²) < 4.78 is 0. The van der Waals surface area contributed by atoms with E-state index in [0.29, 0.717) is 17.8 Å². The molecule has 2 heterocycles. The molecule has 39 heavy (non-hydrogen) atoms. The number of nitrogens with two attached hydrogens (primary N) is 3. The molecule has 12 N–H and O–H groups in total. The molecule has 2 rings (SSSR count). The average molecular weight is 548 g/mol. The van der Waals surface area contributed by atoms with Crippen LogP contribution in [0, 0.1) is 5.92 Å². The number of imidazole rings is 2. The molecule has 4 atom stereocenters. The number of amides is 3. The maximum absolute atomic E-state index is 13.4. The molecule has 3 amide bonds. The molecule has 0 bridgehead atoms. The number of guanidine groups is 1. The number of nitrogens with one attached hydrogen (secondary N) is 5. The number of carboxylic acid groups (broad SMARTS) is 1. The zero-order chi connectivity index (χ0) is 28.9. The van der Waals surface area contributed by atoms with Gasteiger partial charge in [-0.05, 0) is 18.8 Å². The van der Waals surface area contributed by atoms with Crippen molar-refractivity contribution in [1.29, 1.82) is 0 Å². The van der Waals surface area contributed by atoms with Crippen LogP contribution in [0.4, 0.5) is 0 Å². The molecule has 0 fully saturated rings. The van der Waals surface area contributed by atoms with E-state index >= 15 is 0 Å². The summed E-state index contributed by atoms with van der Waals surface area (Å²) in [5, 5.41) is 17.3. The average Bonchev–Trinajstić information content (AvgIpc) is 3.58. The Morgan fingerprint density at radius 2 is 1.38 bits per heavy atom. The van der Waals surface area contributed by atoms with Crippen LogP contribution in [0.1, 0.15) is 38.1 Å². The number of rotatable bonds is 16. The van der Waals surface area contributed by atoms with Crippen LogP contribution in [0.2, 0.25) is 0 Å². The summed E-state index contributed by atoms with van der Waals surface area (Å²) in [5.74, 6) is -3.51. The van der Waals surface area contributed by atoms with Crippen molar-refractivity contribution >= 4 is 29.7 Å². The first-order valence-electron chi connectivity index (χ1n) is 12.4. The van der Waals surface area contributed by atoms with Gasteiger partial charge in [0.05, 0.1) is 18.7 Å². The Balaban J connectivity index is 2.20. The summed E-state index contributed by atoms with van der Waals surface area (Å²) in [6.45, 7) is 3.73. The van der Waals surface area contributed by atoms with Crippen molar-refractivity contribution in [2.24, 2.45) is 28.1 Å². The zero-order valence-electron chi connectivity index (χ0n) is 21.9. The first-order chi connectivity index (χ1) is 18.5. The van der Waals surface area contributed by atoms with Gasteiger partial charge in [-0.2, -0.15) is 0 Å². The highest BCUT2D eigenvalue weighted by Crippen LogP contribution is 2.07. The van der Waals surface area contributed by atoms with E-state index in [2.05, 4.69) is 40.9 Å². The summed E-state index contributed by atoms with van der Waals surface area (Å²) in [6, 6.07) is -4.41. The molecule has 0 radical (unpaired) electrons. The molecule has 2 aromatic heterocycles. The number of aliphatic imine (C=N–C) groups is 1. The Labute approximate surface area is 225 Å². The Hall–Kier alpha value is -4.47. The molecule has 0 aliphatic heterocycles. The van der Waals surface area contributed by atoms with Crippen molar-refractivity contribution in [2.45, 2.75) is 63.7 Å². The minimum Gasteiger partial charge on any atom is -0.480 e. The van der Waals surface area contributed by atoms with E-state index in [1.807, 2.05) is 0 Å². The third-order valence-electron chi connectivity index (χ3n) is 5.80. The van der Waals surface area contributed by atoms with Gasteiger partial charge in [-0.15, -0.1) is 0 Å². The van der Waals surface area contributed by atoms with E-state index < -0.39 is 47.9 Å². The third kappa shape index (κ3) is 10.4. The van der Waals surface area contributed by atoms with Gasteiger partial charge in [-0.3, -0.25) is 19.4 Å². The van der Waals surface area contributed by atoms with Gasteiger partial charge in [0, 0.05) is 43.2 Å². The minimum absolute atomic E-state index is 0.0197. The summed E-state index contributed by atoms with van der Waals surface area (Å²) in [4.78, 5) is 68.4. The van der Waals surface area contributed by atoms with Crippen LogP contribution in [0.5, 0.6) is 0 Å². The fourth-order valence-corrected chi connectivity index (χ4v) is 3.53. The minimum atomic E-state index is -1.26. The van der Waals surface area contributed by atoms with E-state index in [4.69, 9.17) is 17.2 Å². The predicted octanol–water partition coefficient (Wildman–Crippen LogP) is -2.51. The monoisotopic (exact) mass is 547 g/mol. The van der Waals surface area contributed by atoms with Gasteiger partial charge in [-0.25, -0.2) is 14.8 Å². The SMILES string of the molecule is CC(C)C(N)C(=O)NC(Cc1cnc[nH]1)C(=O)NC(Cc1cnc[nH]1)C(=O)NC(CCCN=C(N)N)C(=O)O. The topological polar surface area (TPSA) is 272 Å². The van der Waals surface area contributed by atoms with Crippen LogP contribution < -0.4 is 33.2 Å². The fourth-order valence-electron chi connectivity index (χ4n) is 3.53. The lowest BCUT2D eigenvalue weighted by atomic mass is 10.0. The van der Waals surface area contributed by atoms with E-state index in [0.717, 1.165) is 0 Å². The number of carboxylic acids is 1. The molecule has 16 nitrogen and oxygen atoms in total. The Morgan fingerprint density at radius 3 is 1.79 bits per heavy atom. The number of aliphatic carboxylic acids is 1.